The first-order valence-electron chi connectivity index (χ1n) is 6.11. The van der Waals surface area contributed by atoms with Gasteiger partial charge in [-0.1, -0.05) is 17.7 Å². The molecule has 4 nitrogen and oxygen atoms in total. The van der Waals surface area contributed by atoms with Crippen molar-refractivity contribution in [2.45, 2.75) is 27.3 Å². The molecule has 0 aliphatic carbocycles. The molecule has 0 bridgehead atoms. The van der Waals surface area contributed by atoms with Gasteiger partial charge in [-0.3, -0.25) is 0 Å². The molecule has 1 aromatic carbocycles. The number of aromatic carboxylic acids is 1. The molecule has 0 unspecified atom stereocenters. The Bertz CT molecular complexity index is 591. The molecule has 4 heteroatoms. The molecule has 2 N–H and O–H groups in total. The summed E-state index contributed by atoms with van der Waals surface area (Å²) in [5.74, 6) is -0.472. The van der Waals surface area contributed by atoms with Crippen LogP contribution in [-0.4, -0.2) is 11.1 Å². The Hall–Kier alpha value is -2.23. The Morgan fingerprint density at radius 3 is 2.37 bits per heavy atom. The van der Waals surface area contributed by atoms with Gasteiger partial charge in [0.25, 0.3) is 0 Å². The van der Waals surface area contributed by atoms with E-state index in [0.29, 0.717) is 12.3 Å². The molecule has 0 saturated carbocycles. The number of furan rings is 1. The van der Waals surface area contributed by atoms with Gasteiger partial charge in [0.2, 0.25) is 5.76 Å². The molecular weight excluding hydrogens is 242 g/mol. The minimum absolute atomic E-state index is 0.0332. The molecule has 1 aromatic heterocycles. The highest BCUT2D eigenvalue weighted by molar-refractivity contribution is 5.84. The highest BCUT2D eigenvalue weighted by Gasteiger charge is 2.09. The van der Waals surface area contributed by atoms with Crippen LogP contribution in [0.1, 0.15) is 33.0 Å². The number of hydrogen-bond donors (Lipinski definition) is 2. The van der Waals surface area contributed by atoms with Crippen LogP contribution in [0.25, 0.3) is 0 Å². The lowest BCUT2D eigenvalue weighted by Crippen LogP contribution is -2.02. The van der Waals surface area contributed by atoms with Gasteiger partial charge in [-0.2, -0.15) is 0 Å². The van der Waals surface area contributed by atoms with E-state index in [-0.39, 0.29) is 5.76 Å². The van der Waals surface area contributed by atoms with E-state index < -0.39 is 5.97 Å². The number of carbonyl (C=O) groups is 1. The zero-order chi connectivity index (χ0) is 14.0. The van der Waals surface area contributed by atoms with Crippen molar-refractivity contribution < 1.29 is 14.3 Å². The Kier molecular flexibility index (Phi) is 3.60. The summed E-state index contributed by atoms with van der Waals surface area (Å²) in [4.78, 5) is 10.7. The van der Waals surface area contributed by atoms with Gasteiger partial charge in [0.05, 0.1) is 6.54 Å². The second-order valence-corrected chi connectivity index (χ2v) is 4.70. The predicted molar refractivity (Wildman–Crippen MR) is 73.6 cm³/mol. The van der Waals surface area contributed by atoms with Gasteiger partial charge in [0.1, 0.15) is 5.76 Å². The van der Waals surface area contributed by atoms with Crippen LogP contribution in [0.2, 0.25) is 0 Å². The molecular formula is C15H17NO3. The summed E-state index contributed by atoms with van der Waals surface area (Å²) in [7, 11) is 0. The number of benzene rings is 1. The van der Waals surface area contributed by atoms with Crippen LogP contribution < -0.4 is 5.32 Å². The van der Waals surface area contributed by atoms with Crippen molar-refractivity contribution in [3.05, 3.63) is 52.5 Å². The van der Waals surface area contributed by atoms with Crippen LogP contribution in [0.15, 0.2) is 28.7 Å². The summed E-state index contributed by atoms with van der Waals surface area (Å²) >= 11 is 0. The van der Waals surface area contributed by atoms with Crippen LogP contribution in [0.3, 0.4) is 0 Å². The van der Waals surface area contributed by atoms with Crippen molar-refractivity contribution in [2.75, 3.05) is 5.32 Å². The van der Waals surface area contributed by atoms with E-state index >= 15 is 0 Å². The van der Waals surface area contributed by atoms with Crippen molar-refractivity contribution in [1.82, 2.24) is 0 Å². The minimum Gasteiger partial charge on any atom is -0.475 e. The molecule has 0 fully saturated rings. The van der Waals surface area contributed by atoms with Gasteiger partial charge in [0, 0.05) is 5.69 Å². The van der Waals surface area contributed by atoms with Crippen LogP contribution in [0.5, 0.6) is 0 Å². The number of anilines is 1. The van der Waals surface area contributed by atoms with Crippen LogP contribution in [-0.2, 0) is 6.54 Å². The standard InChI is InChI=1S/C15H17NO3/c1-9-6-10(2)14(11(3)7-9)16-8-12-4-5-13(19-12)15(17)18/h4-7,16H,8H2,1-3H3,(H,17,18). The van der Waals surface area contributed by atoms with E-state index in [9.17, 15) is 4.79 Å². The van der Waals surface area contributed by atoms with Crippen molar-refractivity contribution in [1.29, 1.82) is 0 Å². The highest BCUT2D eigenvalue weighted by atomic mass is 16.4. The average molecular weight is 259 g/mol. The van der Waals surface area contributed by atoms with Crippen LogP contribution in [0.4, 0.5) is 5.69 Å². The van der Waals surface area contributed by atoms with Crippen molar-refractivity contribution in [3.63, 3.8) is 0 Å². The second-order valence-electron chi connectivity index (χ2n) is 4.70. The van der Waals surface area contributed by atoms with Crippen molar-refractivity contribution in [3.8, 4) is 0 Å². The summed E-state index contributed by atoms with van der Waals surface area (Å²) < 4.78 is 5.21. The maximum absolute atomic E-state index is 10.7. The van der Waals surface area contributed by atoms with E-state index in [0.717, 1.165) is 5.69 Å². The topological polar surface area (TPSA) is 62.5 Å². The molecule has 19 heavy (non-hydrogen) atoms. The lowest BCUT2D eigenvalue weighted by Gasteiger charge is -2.12. The fourth-order valence-electron chi connectivity index (χ4n) is 2.22. The van der Waals surface area contributed by atoms with E-state index in [1.807, 2.05) is 13.8 Å². The molecule has 0 saturated heterocycles. The molecule has 2 aromatic rings. The first kappa shape index (κ1) is 13.2. The molecule has 0 aliphatic heterocycles. The molecule has 1 heterocycles. The maximum Gasteiger partial charge on any atom is 0.371 e. The summed E-state index contributed by atoms with van der Waals surface area (Å²) in [6.45, 7) is 6.63. The third kappa shape index (κ3) is 2.96. The van der Waals surface area contributed by atoms with Crippen LogP contribution in [0, 0.1) is 20.8 Å². The summed E-state index contributed by atoms with van der Waals surface area (Å²) in [5.41, 5.74) is 4.63. The van der Waals surface area contributed by atoms with E-state index in [2.05, 4.69) is 24.4 Å². The second kappa shape index (κ2) is 5.18. The summed E-state index contributed by atoms with van der Waals surface area (Å²) in [5, 5.41) is 12.1. The molecule has 100 valence electrons. The normalized spacial score (nSPS) is 10.5. The monoisotopic (exact) mass is 259 g/mol. The first-order valence-corrected chi connectivity index (χ1v) is 6.11. The number of carboxylic acids is 1. The molecule has 2 rings (SSSR count). The summed E-state index contributed by atoms with van der Waals surface area (Å²) in [6.07, 6.45) is 0. The van der Waals surface area contributed by atoms with Gasteiger partial charge < -0.3 is 14.8 Å². The van der Waals surface area contributed by atoms with E-state index in [4.69, 9.17) is 9.52 Å². The van der Waals surface area contributed by atoms with Crippen LogP contribution >= 0.6 is 0 Å². The molecule has 0 spiro atoms. The Labute approximate surface area is 112 Å². The SMILES string of the molecule is Cc1cc(C)c(NCc2ccc(C(=O)O)o2)c(C)c1. The van der Waals surface area contributed by atoms with Crippen molar-refractivity contribution >= 4 is 11.7 Å². The van der Waals surface area contributed by atoms with Gasteiger partial charge in [-0.15, -0.1) is 0 Å². The Balaban J connectivity index is 2.12. The molecule has 0 amide bonds. The smallest absolute Gasteiger partial charge is 0.371 e. The highest BCUT2D eigenvalue weighted by Crippen LogP contribution is 2.22. The van der Waals surface area contributed by atoms with Gasteiger partial charge in [-0.05, 0) is 44.0 Å². The van der Waals surface area contributed by atoms with Gasteiger partial charge in [-0.25, -0.2) is 4.79 Å². The molecule has 0 radical (unpaired) electrons. The van der Waals surface area contributed by atoms with Gasteiger partial charge in [0.15, 0.2) is 0 Å². The number of aryl methyl sites for hydroxylation is 3. The lowest BCUT2D eigenvalue weighted by atomic mass is 10.1. The van der Waals surface area contributed by atoms with Gasteiger partial charge >= 0.3 is 5.97 Å². The van der Waals surface area contributed by atoms with E-state index in [1.54, 1.807) is 6.07 Å². The molecule has 0 aliphatic rings. The Morgan fingerprint density at radius 1 is 1.21 bits per heavy atom. The minimum atomic E-state index is -1.05. The number of carboxylic acid groups (broad SMARTS) is 1. The largest absolute Gasteiger partial charge is 0.475 e. The zero-order valence-electron chi connectivity index (χ0n) is 11.3. The number of nitrogens with one attached hydrogen (secondary N) is 1. The maximum atomic E-state index is 10.7. The third-order valence-electron chi connectivity index (χ3n) is 2.99. The van der Waals surface area contributed by atoms with Crippen molar-refractivity contribution in [2.24, 2.45) is 0 Å². The fourth-order valence-corrected chi connectivity index (χ4v) is 2.22. The first-order chi connectivity index (χ1) is 8.97. The number of rotatable bonds is 4. The number of hydrogen-bond acceptors (Lipinski definition) is 3. The lowest BCUT2D eigenvalue weighted by molar-refractivity contribution is 0.0660. The fraction of sp³-hybridized carbons (Fsp3) is 0.267. The summed E-state index contributed by atoms with van der Waals surface area (Å²) in [6, 6.07) is 7.36. The molecule has 0 atom stereocenters. The average Bonchev–Trinajstić information content (AvgIpc) is 2.76. The predicted octanol–water partition coefficient (Wildman–Crippen LogP) is 3.52. The zero-order valence-corrected chi connectivity index (χ0v) is 11.3. The quantitative estimate of drug-likeness (QED) is 0.881. The van der Waals surface area contributed by atoms with E-state index in [1.165, 1.54) is 22.8 Å². The Morgan fingerprint density at radius 2 is 1.84 bits per heavy atom. The third-order valence-corrected chi connectivity index (χ3v) is 2.99.